The van der Waals surface area contributed by atoms with Gasteiger partial charge in [0.05, 0.1) is 23.0 Å². The molecule has 0 saturated heterocycles. The maximum Gasteiger partial charge on any atom is 0.250 e. The third-order valence-corrected chi connectivity index (χ3v) is 4.54. The second-order valence-electron chi connectivity index (χ2n) is 5.23. The van der Waals surface area contributed by atoms with Crippen molar-refractivity contribution in [3.8, 4) is 0 Å². The van der Waals surface area contributed by atoms with Crippen LogP contribution in [-0.2, 0) is 11.3 Å². The number of nitrogens with zero attached hydrogens (tertiary/aromatic N) is 3. The third-order valence-electron chi connectivity index (χ3n) is 3.57. The Morgan fingerprint density at radius 1 is 1.28 bits per heavy atom. The van der Waals surface area contributed by atoms with Crippen molar-refractivity contribution in [3.63, 3.8) is 0 Å². The Kier molecular flexibility index (Phi) is 5.45. The summed E-state index contributed by atoms with van der Waals surface area (Å²) >= 11 is 1.35. The monoisotopic (exact) mass is 356 g/mol. The Bertz CT molecular complexity index is 922. The molecule has 1 amide bonds. The number of benzene rings is 2. The second-order valence-corrected chi connectivity index (χ2v) is 6.17. The van der Waals surface area contributed by atoms with Crippen LogP contribution in [0.15, 0.2) is 58.8 Å². The molecule has 0 unspecified atom stereocenters. The summed E-state index contributed by atoms with van der Waals surface area (Å²) in [6.07, 6.45) is 1.29. The lowest BCUT2D eigenvalue weighted by molar-refractivity contribution is -0.118. The van der Waals surface area contributed by atoms with E-state index in [0.29, 0.717) is 5.56 Å². The van der Waals surface area contributed by atoms with Gasteiger partial charge < -0.3 is 4.57 Å². The number of amides is 1. The first-order valence-electron chi connectivity index (χ1n) is 7.83. The molecule has 0 spiro atoms. The quantitative estimate of drug-likeness (QED) is 0.418. The van der Waals surface area contributed by atoms with Crippen molar-refractivity contribution in [2.45, 2.75) is 18.6 Å². The molecule has 0 aliphatic rings. The summed E-state index contributed by atoms with van der Waals surface area (Å²) in [5.74, 6) is -0.475. The average Bonchev–Trinajstić information content (AvgIpc) is 2.99. The number of hydrogen-bond acceptors (Lipinski definition) is 4. The number of imidazole rings is 1. The zero-order valence-corrected chi connectivity index (χ0v) is 14.5. The number of carbonyl (C=O) groups is 1. The number of aromatic nitrogens is 2. The standard InChI is InChI=1S/C18H17FN4OS/c1-2-23-16-10-6-5-9-15(16)21-18(23)25-12-17(24)22-20-11-13-7-3-4-8-14(13)19/h3-11H,2,12H2,1H3,(H,22,24). The molecular formula is C18H17FN4OS. The number of aryl methyl sites for hydroxylation is 1. The van der Waals surface area contributed by atoms with E-state index in [2.05, 4.69) is 20.1 Å². The fourth-order valence-corrected chi connectivity index (χ4v) is 3.26. The van der Waals surface area contributed by atoms with Crippen LogP contribution in [-0.4, -0.2) is 27.4 Å². The summed E-state index contributed by atoms with van der Waals surface area (Å²) in [5, 5.41) is 4.58. The van der Waals surface area contributed by atoms with Gasteiger partial charge in [-0.1, -0.05) is 42.1 Å². The number of hydrazone groups is 1. The Labute approximate surface area is 148 Å². The van der Waals surface area contributed by atoms with Gasteiger partial charge in [0.15, 0.2) is 5.16 Å². The topological polar surface area (TPSA) is 59.3 Å². The Hall–Kier alpha value is -2.67. The molecule has 1 aromatic heterocycles. The molecule has 0 saturated carbocycles. The van der Waals surface area contributed by atoms with Crippen LogP contribution in [0.4, 0.5) is 4.39 Å². The van der Waals surface area contributed by atoms with E-state index in [-0.39, 0.29) is 17.5 Å². The molecule has 7 heteroatoms. The molecule has 128 valence electrons. The largest absolute Gasteiger partial charge is 0.319 e. The van der Waals surface area contributed by atoms with Crippen LogP contribution < -0.4 is 5.43 Å². The number of para-hydroxylation sites is 2. The maximum absolute atomic E-state index is 13.4. The molecule has 25 heavy (non-hydrogen) atoms. The lowest BCUT2D eigenvalue weighted by Gasteiger charge is -2.04. The van der Waals surface area contributed by atoms with Crippen LogP contribution in [0, 0.1) is 5.82 Å². The molecule has 0 aliphatic carbocycles. The van der Waals surface area contributed by atoms with Crippen molar-refractivity contribution >= 4 is 34.9 Å². The summed E-state index contributed by atoms with van der Waals surface area (Å²) in [5.41, 5.74) is 4.68. The minimum Gasteiger partial charge on any atom is -0.319 e. The van der Waals surface area contributed by atoms with Gasteiger partial charge in [0.25, 0.3) is 5.91 Å². The first kappa shape index (κ1) is 17.2. The van der Waals surface area contributed by atoms with Crippen molar-refractivity contribution in [1.82, 2.24) is 15.0 Å². The fourth-order valence-electron chi connectivity index (χ4n) is 2.39. The predicted molar refractivity (Wildman–Crippen MR) is 98.3 cm³/mol. The SMILES string of the molecule is CCn1c(SCC(=O)NN=Cc2ccccc2F)nc2ccccc21. The summed E-state index contributed by atoms with van der Waals surface area (Å²) in [4.78, 5) is 16.5. The molecular weight excluding hydrogens is 339 g/mol. The number of hydrogen-bond donors (Lipinski definition) is 1. The first-order chi connectivity index (χ1) is 12.2. The molecule has 0 radical (unpaired) electrons. The zero-order chi connectivity index (χ0) is 17.6. The molecule has 0 fully saturated rings. The van der Waals surface area contributed by atoms with E-state index in [1.165, 1.54) is 24.0 Å². The average molecular weight is 356 g/mol. The normalized spacial score (nSPS) is 11.3. The highest BCUT2D eigenvalue weighted by Crippen LogP contribution is 2.23. The van der Waals surface area contributed by atoms with Crippen molar-refractivity contribution in [2.24, 2.45) is 5.10 Å². The molecule has 0 aliphatic heterocycles. The van der Waals surface area contributed by atoms with Crippen molar-refractivity contribution < 1.29 is 9.18 Å². The van der Waals surface area contributed by atoms with Crippen LogP contribution in [0.1, 0.15) is 12.5 Å². The van der Waals surface area contributed by atoms with E-state index in [9.17, 15) is 9.18 Å². The number of thioether (sulfide) groups is 1. The highest BCUT2D eigenvalue weighted by molar-refractivity contribution is 7.99. The van der Waals surface area contributed by atoms with Crippen molar-refractivity contribution in [3.05, 3.63) is 59.9 Å². The summed E-state index contributed by atoms with van der Waals surface area (Å²) in [6, 6.07) is 14.1. The zero-order valence-electron chi connectivity index (χ0n) is 13.6. The summed E-state index contributed by atoms with van der Waals surface area (Å²) in [7, 11) is 0. The fraction of sp³-hybridized carbons (Fsp3) is 0.167. The van der Waals surface area contributed by atoms with E-state index in [4.69, 9.17) is 0 Å². The van der Waals surface area contributed by atoms with Gasteiger partial charge in [-0.15, -0.1) is 0 Å². The lowest BCUT2D eigenvalue weighted by atomic mass is 10.2. The highest BCUT2D eigenvalue weighted by atomic mass is 32.2. The van der Waals surface area contributed by atoms with E-state index in [1.54, 1.807) is 18.2 Å². The van der Waals surface area contributed by atoms with Gasteiger partial charge in [-0.3, -0.25) is 4.79 Å². The van der Waals surface area contributed by atoms with Crippen LogP contribution in [0.2, 0.25) is 0 Å². The number of nitrogens with one attached hydrogen (secondary N) is 1. The molecule has 3 rings (SSSR count). The Morgan fingerprint density at radius 3 is 2.84 bits per heavy atom. The number of rotatable bonds is 6. The van der Waals surface area contributed by atoms with Gasteiger partial charge in [-0.2, -0.15) is 5.10 Å². The van der Waals surface area contributed by atoms with Crippen molar-refractivity contribution in [2.75, 3.05) is 5.75 Å². The predicted octanol–water partition coefficient (Wildman–Crippen LogP) is 3.44. The smallest absolute Gasteiger partial charge is 0.250 e. The van der Waals surface area contributed by atoms with E-state index in [1.807, 2.05) is 31.2 Å². The van der Waals surface area contributed by atoms with Crippen LogP contribution in [0.25, 0.3) is 11.0 Å². The van der Waals surface area contributed by atoms with Gasteiger partial charge in [-0.05, 0) is 25.1 Å². The van der Waals surface area contributed by atoms with E-state index in [0.717, 1.165) is 22.7 Å². The summed E-state index contributed by atoms with van der Waals surface area (Å²) < 4.78 is 15.5. The third kappa shape index (κ3) is 4.06. The Morgan fingerprint density at radius 2 is 2.04 bits per heavy atom. The van der Waals surface area contributed by atoms with Gasteiger partial charge in [0.1, 0.15) is 5.82 Å². The van der Waals surface area contributed by atoms with Crippen LogP contribution >= 0.6 is 11.8 Å². The molecule has 1 heterocycles. The molecule has 5 nitrogen and oxygen atoms in total. The molecule has 0 bridgehead atoms. The van der Waals surface area contributed by atoms with E-state index < -0.39 is 0 Å². The van der Waals surface area contributed by atoms with Gasteiger partial charge in [0, 0.05) is 12.1 Å². The molecule has 1 N–H and O–H groups in total. The number of fused-ring (bicyclic) bond motifs is 1. The van der Waals surface area contributed by atoms with E-state index >= 15 is 0 Å². The number of halogens is 1. The van der Waals surface area contributed by atoms with Gasteiger partial charge >= 0.3 is 0 Å². The highest BCUT2D eigenvalue weighted by Gasteiger charge is 2.11. The van der Waals surface area contributed by atoms with Crippen molar-refractivity contribution in [1.29, 1.82) is 0 Å². The molecule has 0 atom stereocenters. The van der Waals surface area contributed by atoms with Gasteiger partial charge in [0.2, 0.25) is 0 Å². The minimum absolute atomic E-state index is 0.179. The van der Waals surface area contributed by atoms with Gasteiger partial charge in [-0.25, -0.2) is 14.8 Å². The maximum atomic E-state index is 13.4. The second kappa shape index (κ2) is 7.94. The lowest BCUT2D eigenvalue weighted by Crippen LogP contribution is -2.20. The molecule has 2 aromatic carbocycles. The summed E-state index contributed by atoms with van der Waals surface area (Å²) in [6.45, 7) is 2.81. The Balaban J connectivity index is 1.60. The molecule has 3 aromatic rings. The van der Waals surface area contributed by atoms with Crippen LogP contribution in [0.5, 0.6) is 0 Å². The van der Waals surface area contributed by atoms with Crippen LogP contribution in [0.3, 0.4) is 0 Å². The first-order valence-corrected chi connectivity index (χ1v) is 8.82. The minimum atomic E-state index is -0.383. The number of carbonyl (C=O) groups excluding carboxylic acids is 1.